The monoisotopic (exact) mass is 351 g/mol. The third-order valence-electron chi connectivity index (χ3n) is 3.75. The Balaban J connectivity index is 1.76. The molecule has 0 fully saturated rings. The minimum absolute atomic E-state index is 0.282. The van der Waals surface area contributed by atoms with E-state index in [9.17, 15) is 9.59 Å². The van der Waals surface area contributed by atoms with E-state index in [1.165, 1.54) is 7.11 Å². The summed E-state index contributed by atoms with van der Waals surface area (Å²) in [5.41, 5.74) is 2.33. The van der Waals surface area contributed by atoms with E-state index in [-0.39, 0.29) is 5.91 Å². The van der Waals surface area contributed by atoms with Crippen LogP contribution in [0.4, 0.5) is 5.69 Å². The maximum atomic E-state index is 12.5. The summed E-state index contributed by atoms with van der Waals surface area (Å²) in [6.07, 6.45) is 0.415. The molecule has 0 atom stereocenters. The van der Waals surface area contributed by atoms with Crippen molar-refractivity contribution in [3.63, 3.8) is 0 Å². The second kappa shape index (κ2) is 7.60. The van der Waals surface area contributed by atoms with Crippen LogP contribution in [0.5, 0.6) is 0 Å². The first kappa shape index (κ1) is 17.3. The number of amides is 1. The molecule has 7 heteroatoms. The average molecular weight is 351 g/mol. The molecule has 0 unspecified atom stereocenters. The molecule has 0 aliphatic heterocycles. The van der Waals surface area contributed by atoms with Gasteiger partial charge >= 0.3 is 5.97 Å². The molecule has 1 N–H and O–H groups in total. The summed E-state index contributed by atoms with van der Waals surface area (Å²) in [5.74, 6) is 0.312. The zero-order valence-corrected chi connectivity index (χ0v) is 14.4. The van der Waals surface area contributed by atoms with Crippen molar-refractivity contribution in [3.05, 3.63) is 76.9 Å². The molecule has 2 aromatic carbocycles. The van der Waals surface area contributed by atoms with Crippen LogP contribution in [0.25, 0.3) is 0 Å². The van der Waals surface area contributed by atoms with Gasteiger partial charge in [-0.1, -0.05) is 23.4 Å². The minimum Gasteiger partial charge on any atom is -0.465 e. The van der Waals surface area contributed by atoms with Gasteiger partial charge in [-0.05, 0) is 42.8 Å². The van der Waals surface area contributed by atoms with E-state index in [1.54, 1.807) is 37.3 Å². The summed E-state index contributed by atoms with van der Waals surface area (Å²) in [6, 6.07) is 13.6. The first-order valence-electron chi connectivity index (χ1n) is 7.93. The van der Waals surface area contributed by atoms with Crippen molar-refractivity contribution in [3.8, 4) is 0 Å². The normalized spacial score (nSPS) is 10.4. The molecule has 0 aliphatic carbocycles. The third-order valence-corrected chi connectivity index (χ3v) is 3.75. The quantitative estimate of drug-likeness (QED) is 0.710. The Bertz CT molecular complexity index is 932. The van der Waals surface area contributed by atoms with E-state index in [0.29, 0.717) is 35.0 Å². The molecule has 3 rings (SSSR count). The van der Waals surface area contributed by atoms with Gasteiger partial charge in [0, 0.05) is 11.3 Å². The lowest BCUT2D eigenvalue weighted by Crippen LogP contribution is -2.14. The van der Waals surface area contributed by atoms with Gasteiger partial charge < -0.3 is 14.6 Å². The number of anilines is 1. The number of carbonyl (C=O) groups is 2. The van der Waals surface area contributed by atoms with Gasteiger partial charge in [0.15, 0.2) is 5.82 Å². The van der Waals surface area contributed by atoms with Gasteiger partial charge in [-0.3, -0.25) is 4.79 Å². The van der Waals surface area contributed by atoms with Crippen LogP contribution in [0.15, 0.2) is 53.1 Å². The standard InChI is InChI=1S/C19H17N3O4/c1-12-20-17(26-22-12)11-15-5-3-4-6-16(15)21-18(23)13-7-9-14(10-8-13)19(24)25-2/h3-10H,11H2,1-2H3,(H,21,23). The van der Waals surface area contributed by atoms with Gasteiger partial charge in [-0.15, -0.1) is 0 Å². The van der Waals surface area contributed by atoms with E-state index in [0.717, 1.165) is 5.56 Å². The molecule has 1 aromatic heterocycles. The van der Waals surface area contributed by atoms with E-state index in [1.807, 2.05) is 18.2 Å². The number of nitrogens with zero attached hydrogens (tertiary/aromatic N) is 2. The molecule has 0 bridgehead atoms. The lowest BCUT2D eigenvalue weighted by Gasteiger charge is -2.10. The van der Waals surface area contributed by atoms with Crippen molar-refractivity contribution >= 4 is 17.6 Å². The summed E-state index contributed by atoms with van der Waals surface area (Å²) in [4.78, 5) is 28.1. The average Bonchev–Trinajstić information content (AvgIpc) is 3.07. The zero-order chi connectivity index (χ0) is 18.5. The molecule has 0 aliphatic rings. The SMILES string of the molecule is COC(=O)c1ccc(C(=O)Nc2ccccc2Cc2nc(C)no2)cc1. The largest absolute Gasteiger partial charge is 0.465 e. The number of benzene rings is 2. The topological polar surface area (TPSA) is 94.3 Å². The first-order valence-corrected chi connectivity index (χ1v) is 7.93. The number of hydrogen-bond donors (Lipinski definition) is 1. The number of ether oxygens (including phenoxy) is 1. The highest BCUT2D eigenvalue weighted by Crippen LogP contribution is 2.19. The van der Waals surface area contributed by atoms with E-state index in [2.05, 4.69) is 20.2 Å². The van der Waals surface area contributed by atoms with Crippen LogP contribution < -0.4 is 5.32 Å². The maximum Gasteiger partial charge on any atom is 0.337 e. The van der Waals surface area contributed by atoms with E-state index < -0.39 is 5.97 Å². The van der Waals surface area contributed by atoms with Crippen LogP contribution in [0.1, 0.15) is 38.0 Å². The predicted octanol–water partition coefficient (Wildman–Crippen LogP) is 3.01. The summed E-state index contributed by atoms with van der Waals surface area (Å²) < 4.78 is 9.79. The fourth-order valence-corrected chi connectivity index (χ4v) is 2.44. The first-order chi connectivity index (χ1) is 12.6. The predicted molar refractivity (Wildman–Crippen MR) is 94.0 cm³/mol. The Morgan fingerprint density at radius 3 is 2.42 bits per heavy atom. The number of carbonyl (C=O) groups excluding carboxylic acids is 2. The number of esters is 1. The summed E-state index contributed by atoms with van der Waals surface area (Å²) in [6.45, 7) is 1.75. The van der Waals surface area contributed by atoms with Gasteiger partial charge in [-0.25, -0.2) is 4.79 Å². The lowest BCUT2D eigenvalue weighted by molar-refractivity contribution is 0.0600. The maximum absolute atomic E-state index is 12.5. The van der Waals surface area contributed by atoms with Gasteiger partial charge in [0.05, 0.1) is 19.1 Å². The molecular formula is C19H17N3O4. The highest BCUT2D eigenvalue weighted by Gasteiger charge is 2.13. The molecule has 0 saturated heterocycles. The number of nitrogens with one attached hydrogen (secondary N) is 1. The Labute approximate surface area is 150 Å². The van der Waals surface area contributed by atoms with Crippen LogP contribution >= 0.6 is 0 Å². The van der Waals surface area contributed by atoms with Crippen molar-refractivity contribution in [2.75, 3.05) is 12.4 Å². The van der Waals surface area contributed by atoms with Gasteiger partial charge in [0.2, 0.25) is 5.89 Å². The molecule has 0 saturated carbocycles. The second-order valence-electron chi connectivity index (χ2n) is 5.59. The Morgan fingerprint density at radius 1 is 1.08 bits per heavy atom. The highest BCUT2D eigenvalue weighted by atomic mass is 16.5. The van der Waals surface area contributed by atoms with Crippen molar-refractivity contribution < 1.29 is 18.8 Å². The Kier molecular flexibility index (Phi) is 5.07. The van der Waals surface area contributed by atoms with Crippen molar-refractivity contribution in [2.45, 2.75) is 13.3 Å². The summed E-state index contributed by atoms with van der Waals surface area (Å²) in [5, 5.41) is 6.64. The fourth-order valence-electron chi connectivity index (χ4n) is 2.44. The van der Waals surface area contributed by atoms with Gasteiger partial charge in [0.25, 0.3) is 5.91 Å². The van der Waals surface area contributed by atoms with E-state index >= 15 is 0 Å². The van der Waals surface area contributed by atoms with Crippen LogP contribution in [0.2, 0.25) is 0 Å². The molecular weight excluding hydrogens is 334 g/mol. The number of rotatable bonds is 5. The molecule has 132 valence electrons. The van der Waals surface area contributed by atoms with Crippen molar-refractivity contribution in [1.29, 1.82) is 0 Å². The van der Waals surface area contributed by atoms with Crippen LogP contribution in [-0.2, 0) is 11.2 Å². The van der Waals surface area contributed by atoms with Gasteiger partial charge in [0.1, 0.15) is 0 Å². The molecule has 26 heavy (non-hydrogen) atoms. The molecule has 3 aromatic rings. The number of methoxy groups -OCH3 is 1. The van der Waals surface area contributed by atoms with Crippen LogP contribution in [0.3, 0.4) is 0 Å². The van der Waals surface area contributed by atoms with Gasteiger partial charge in [-0.2, -0.15) is 4.98 Å². The van der Waals surface area contributed by atoms with Crippen LogP contribution in [0, 0.1) is 6.92 Å². The number of para-hydroxylation sites is 1. The second-order valence-corrected chi connectivity index (χ2v) is 5.59. The molecule has 0 spiro atoms. The number of aromatic nitrogens is 2. The summed E-state index contributed by atoms with van der Waals surface area (Å²) in [7, 11) is 1.31. The summed E-state index contributed by atoms with van der Waals surface area (Å²) >= 11 is 0. The molecule has 1 amide bonds. The molecule has 7 nitrogen and oxygen atoms in total. The van der Waals surface area contributed by atoms with Crippen molar-refractivity contribution in [1.82, 2.24) is 10.1 Å². The van der Waals surface area contributed by atoms with E-state index in [4.69, 9.17) is 4.52 Å². The van der Waals surface area contributed by atoms with Crippen LogP contribution in [-0.4, -0.2) is 29.1 Å². The lowest BCUT2D eigenvalue weighted by atomic mass is 10.1. The smallest absolute Gasteiger partial charge is 0.337 e. The molecule has 0 radical (unpaired) electrons. The number of aryl methyl sites for hydroxylation is 1. The third kappa shape index (κ3) is 3.94. The Morgan fingerprint density at radius 2 is 1.77 bits per heavy atom. The highest BCUT2D eigenvalue weighted by molar-refractivity contribution is 6.05. The van der Waals surface area contributed by atoms with Crippen molar-refractivity contribution in [2.24, 2.45) is 0 Å². The number of hydrogen-bond acceptors (Lipinski definition) is 6. The Hall–Kier alpha value is -3.48. The fraction of sp³-hybridized carbons (Fsp3) is 0.158. The zero-order valence-electron chi connectivity index (χ0n) is 14.4. The molecule has 1 heterocycles. The minimum atomic E-state index is -0.447.